The van der Waals surface area contributed by atoms with E-state index in [2.05, 4.69) is 9.97 Å². The van der Waals surface area contributed by atoms with Gasteiger partial charge in [0.15, 0.2) is 0 Å². The van der Waals surface area contributed by atoms with Crippen molar-refractivity contribution in [2.45, 2.75) is 12.8 Å². The Labute approximate surface area is 113 Å². The monoisotopic (exact) mass is 275 g/mol. The van der Waals surface area contributed by atoms with Gasteiger partial charge in [-0.05, 0) is 5.56 Å². The Kier molecular flexibility index (Phi) is 3.75. The number of benzene rings is 1. The van der Waals surface area contributed by atoms with Gasteiger partial charge in [0.1, 0.15) is 17.5 Å². The second-order valence-corrected chi connectivity index (χ2v) is 4.05. The molecule has 0 saturated carbocycles. The zero-order valence-electron chi connectivity index (χ0n) is 10.3. The molecule has 0 fully saturated rings. The highest BCUT2D eigenvalue weighted by Crippen LogP contribution is 2.29. The maximum absolute atomic E-state index is 12.6. The number of aromatic nitrogens is 2. The summed E-state index contributed by atoms with van der Waals surface area (Å²) in [5, 5.41) is 9.13. The smallest absolute Gasteiger partial charge is 0.242 e. The molecule has 20 heavy (non-hydrogen) atoms. The van der Waals surface area contributed by atoms with Crippen molar-refractivity contribution < 1.29 is 8.78 Å². The SMILES string of the molecule is N#Cc1c(N)nc(N)nc1-c1ccccc1CC(F)F. The largest absolute Gasteiger partial charge is 0.382 e. The summed E-state index contributed by atoms with van der Waals surface area (Å²) >= 11 is 0. The Morgan fingerprint density at radius 1 is 1.20 bits per heavy atom. The van der Waals surface area contributed by atoms with E-state index in [1.807, 2.05) is 6.07 Å². The van der Waals surface area contributed by atoms with Gasteiger partial charge in [0, 0.05) is 12.0 Å². The van der Waals surface area contributed by atoms with Crippen LogP contribution < -0.4 is 11.5 Å². The summed E-state index contributed by atoms with van der Waals surface area (Å²) in [6.07, 6.45) is -2.94. The molecular weight excluding hydrogens is 264 g/mol. The number of nitrogens with two attached hydrogens (primary N) is 2. The predicted octanol–water partition coefficient (Wildman–Crippen LogP) is 1.99. The van der Waals surface area contributed by atoms with E-state index in [4.69, 9.17) is 16.7 Å². The van der Waals surface area contributed by atoms with Crippen molar-refractivity contribution in [2.75, 3.05) is 11.5 Å². The standard InChI is InChI=1S/C13H11F2N5/c14-10(15)5-7-3-1-2-4-8(7)11-9(6-16)12(17)20-13(18)19-11/h1-4,10H,5H2,(H4,17,18,19,20). The van der Waals surface area contributed by atoms with E-state index < -0.39 is 12.8 Å². The molecule has 102 valence electrons. The van der Waals surface area contributed by atoms with E-state index in [-0.39, 0.29) is 23.0 Å². The van der Waals surface area contributed by atoms with Crippen molar-refractivity contribution in [3.05, 3.63) is 35.4 Å². The summed E-state index contributed by atoms with van der Waals surface area (Å²) in [6.45, 7) is 0. The third kappa shape index (κ3) is 2.64. The van der Waals surface area contributed by atoms with E-state index >= 15 is 0 Å². The van der Waals surface area contributed by atoms with Crippen molar-refractivity contribution in [3.63, 3.8) is 0 Å². The molecule has 2 aromatic rings. The molecule has 1 aromatic heterocycles. The van der Waals surface area contributed by atoms with Crippen molar-refractivity contribution >= 4 is 11.8 Å². The lowest BCUT2D eigenvalue weighted by molar-refractivity contribution is 0.149. The fourth-order valence-corrected chi connectivity index (χ4v) is 1.90. The predicted molar refractivity (Wildman–Crippen MR) is 70.7 cm³/mol. The highest BCUT2D eigenvalue weighted by atomic mass is 19.3. The van der Waals surface area contributed by atoms with Crippen LogP contribution in [0.5, 0.6) is 0 Å². The first-order chi connectivity index (χ1) is 9.52. The van der Waals surface area contributed by atoms with Crippen molar-refractivity contribution in [1.82, 2.24) is 9.97 Å². The summed E-state index contributed by atoms with van der Waals surface area (Å²) in [6, 6.07) is 8.33. The third-order valence-corrected chi connectivity index (χ3v) is 2.71. The van der Waals surface area contributed by atoms with E-state index in [0.29, 0.717) is 11.1 Å². The molecule has 0 aliphatic rings. The number of nitriles is 1. The number of hydrogen-bond donors (Lipinski definition) is 2. The third-order valence-electron chi connectivity index (χ3n) is 2.71. The molecule has 0 atom stereocenters. The molecule has 0 unspecified atom stereocenters. The van der Waals surface area contributed by atoms with Gasteiger partial charge in [0.2, 0.25) is 12.4 Å². The van der Waals surface area contributed by atoms with E-state index in [1.54, 1.807) is 24.3 Å². The van der Waals surface area contributed by atoms with Crippen LogP contribution in [0.25, 0.3) is 11.3 Å². The molecule has 1 heterocycles. The Bertz CT molecular complexity index is 679. The van der Waals surface area contributed by atoms with Gasteiger partial charge >= 0.3 is 0 Å². The summed E-state index contributed by atoms with van der Waals surface area (Å²) in [5.41, 5.74) is 12.1. The Morgan fingerprint density at radius 3 is 2.55 bits per heavy atom. The van der Waals surface area contributed by atoms with E-state index in [1.165, 1.54) is 0 Å². The highest BCUT2D eigenvalue weighted by Gasteiger charge is 2.17. The first-order valence-electron chi connectivity index (χ1n) is 5.72. The first-order valence-corrected chi connectivity index (χ1v) is 5.72. The average molecular weight is 275 g/mol. The molecule has 0 spiro atoms. The molecule has 0 aliphatic carbocycles. The zero-order chi connectivity index (χ0) is 14.7. The Hall–Kier alpha value is -2.75. The van der Waals surface area contributed by atoms with Crippen molar-refractivity contribution in [2.24, 2.45) is 0 Å². The van der Waals surface area contributed by atoms with Crippen LogP contribution in [-0.2, 0) is 6.42 Å². The Morgan fingerprint density at radius 2 is 1.90 bits per heavy atom. The number of anilines is 2. The number of halogens is 2. The lowest BCUT2D eigenvalue weighted by atomic mass is 9.99. The van der Waals surface area contributed by atoms with Crippen LogP contribution in [0.2, 0.25) is 0 Å². The van der Waals surface area contributed by atoms with Crippen LogP contribution in [0.15, 0.2) is 24.3 Å². The van der Waals surface area contributed by atoms with Gasteiger partial charge in [0.25, 0.3) is 0 Å². The fraction of sp³-hybridized carbons (Fsp3) is 0.154. The van der Waals surface area contributed by atoms with Crippen LogP contribution in [0.3, 0.4) is 0 Å². The van der Waals surface area contributed by atoms with Gasteiger partial charge in [-0.25, -0.2) is 13.8 Å². The molecule has 0 aliphatic heterocycles. The van der Waals surface area contributed by atoms with Crippen molar-refractivity contribution in [1.29, 1.82) is 5.26 Å². The quantitative estimate of drug-likeness (QED) is 0.891. The van der Waals surface area contributed by atoms with Gasteiger partial charge < -0.3 is 11.5 Å². The maximum atomic E-state index is 12.6. The second-order valence-electron chi connectivity index (χ2n) is 4.05. The van der Waals surface area contributed by atoms with Crippen LogP contribution in [0.4, 0.5) is 20.5 Å². The van der Waals surface area contributed by atoms with Gasteiger partial charge in [-0.1, -0.05) is 24.3 Å². The van der Waals surface area contributed by atoms with Crippen molar-refractivity contribution in [3.8, 4) is 17.3 Å². The van der Waals surface area contributed by atoms with Crippen LogP contribution in [0, 0.1) is 11.3 Å². The molecule has 0 radical (unpaired) electrons. The molecule has 0 amide bonds. The maximum Gasteiger partial charge on any atom is 0.242 e. The summed E-state index contributed by atoms with van der Waals surface area (Å²) in [7, 11) is 0. The number of nitrogens with zero attached hydrogens (tertiary/aromatic N) is 3. The van der Waals surface area contributed by atoms with Gasteiger partial charge in [-0.2, -0.15) is 10.2 Å². The Balaban J connectivity index is 2.66. The highest BCUT2D eigenvalue weighted by molar-refractivity contribution is 5.75. The van der Waals surface area contributed by atoms with E-state index in [0.717, 1.165) is 0 Å². The molecule has 7 heteroatoms. The van der Waals surface area contributed by atoms with E-state index in [9.17, 15) is 8.78 Å². The molecule has 4 N–H and O–H groups in total. The number of hydrogen-bond acceptors (Lipinski definition) is 5. The minimum absolute atomic E-state index is 0.0286. The topological polar surface area (TPSA) is 102 Å². The zero-order valence-corrected chi connectivity index (χ0v) is 10.3. The summed E-state index contributed by atoms with van der Waals surface area (Å²) in [4.78, 5) is 7.66. The normalized spacial score (nSPS) is 10.5. The first kappa shape index (κ1) is 13.7. The number of nitrogen functional groups attached to an aromatic ring is 2. The lowest BCUT2D eigenvalue weighted by Crippen LogP contribution is -2.07. The number of alkyl halides is 2. The summed E-state index contributed by atoms with van der Waals surface area (Å²) < 4.78 is 25.2. The fourth-order valence-electron chi connectivity index (χ4n) is 1.90. The van der Waals surface area contributed by atoms with Crippen LogP contribution >= 0.6 is 0 Å². The van der Waals surface area contributed by atoms with Crippen LogP contribution in [0.1, 0.15) is 11.1 Å². The second kappa shape index (κ2) is 5.48. The average Bonchev–Trinajstić information content (AvgIpc) is 2.38. The van der Waals surface area contributed by atoms with Gasteiger partial charge in [-0.3, -0.25) is 0 Å². The van der Waals surface area contributed by atoms with Crippen LogP contribution in [-0.4, -0.2) is 16.4 Å². The molecule has 2 rings (SSSR count). The van der Waals surface area contributed by atoms with Gasteiger partial charge in [0.05, 0.1) is 5.69 Å². The molecule has 0 bridgehead atoms. The van der Waals surface area contributed by atoms with Gasteiger partial charge in [-0.15, -0.1) is 0 Å². The summed E-state index contributed by atoms with van der Waals surface area (Å²) in [5.74, 6) is -0.176. The lowest BCUT2D eigenvalue weighted by Gasteiger charge is -2.11. The minimum Gasteiger partial charge on any atom is -0.382 e. The molecule has 0 saturated heterocycles. The molecular formula is C13H11F2N5. The number of rotatable bonds is 3. The molecule has 1 aromatic carbocycles. The molecule has 5 nitrogen and oxygen atoms in total. The minimum atomic E-state index is -2.50.